The van der Waals surface area contributed by atoms with Gasteiger partial charge in [0.1, 0.15) is 0 Å². The van der Waals surface area contributed by atoms with Crippen molar-refractivity contribution in [1.82, 2.24) is 4.72 Å². The molecule has 0 saturated heterocycles. The summed E-state index contributed by atoms with van der Waals surface area (Å²) in [6, 6.07) is 3.57. The molecule has 0 aromatic heterocycles. The lowest BCUT2D eigenvalue weighted by Crippen LogP contribution is -2.33. The highest BCUT2D eigenvalue weighted by molar-refractivity contribution is 7.89. The summed E-state index contributed by atoms with van der Waals surface area (Å²) in [6.45, 7) is 3.58. The summed E-state index contributed by atoms with van der Waals surface area (Å²) in [5.74, 6) is 5.36. The van der Waals surface area contributed by atoms with Crippen molar-refractivity contribution in [2.75, 3.05) is 5.43 Å². The zero-order valence-corrected chi connectivity index (χ0v) is 12.2. The van der Waals surface area contributed by atoms with Crippen LogP contribution >= 0.6 is 0 Å². The maximum absolute atomic E-state index is 12.5. The van der Waals surface area contributed by atoms with Crippen LogP contribution in [0.15, 0.2) is 17.0 Å². The molecule has 0 bridgehead atoms. The molecule has 4 N–H and O–H groups in total. The molecule has 0 radical (unpaired) electrons. The van der Waals surface area contributed by atoms with Crippen molar-refractivity contribution < 1.29 is 8.42 Å². The van der Waals surface area contributed by atoms with E-state index in [1.807, 2.05) is 0 Å². The van der Waals surface area contributed by atoms with Crippen LogP contribution in [0.1, 0.15) is 36.8 Å². The van der Waals surface area contributed by atoms with E-state index in [1.54, 1.807) is 26.0 Å². The van der Waals surface area contributed by atoms with Gasteiger partial charge in [0.2, 0.25) is 10.0 Å². The van der Waals surface area contributed by atoms with Gasteiger partial charge in [0, 0.05) is 11.7 Å². The molecule has 106 valence electrons. The second-order valence-corrected chi connectivity index (χ2v) is 6.84. The van der Waals surface area contributed by atoms with E-state index in [-0.39, 0.29) is 6.04 Å². The van der Waals surface area contributed by atoms with Gasteiger partial charge in [-0.25, -0.2) is 13.1 Å². The average molecular weight is 283 g/mol. The molecule has 5 nitrogen and oxygen atoms in total. The van der Waals surface area contributed by atoms with Gasteiger partial charge >= 0.3 is 0 Å². The van der Waals surface area contributed by atoms with Crippen molar-refractivity contribution in [2.45, 2.75) is 50.5 Å². The third kappa shape index (κ3) is 3.08. The first kappa shape index (κ1) is 14.3. The van der Waals surface area contributed by atoms with Gasteiger partial charge in [0.15, 0.2) is 0 Å². The smallest absolute Gasteiger partial charge is 0.241 e. The molecule has 1 saturated carbocycles. The van der Waals surface area contributed by atoms with Crippen molar-refractivity contribution in [3.8, 4) is 0 Å². The Hall–Kier alpha value is -1.11. The van der Waals surface area contributed by atoms with Crippen LogP contribution in [0.4, 0.5) is 5.69 Å². The number of sulfonamides is 1. The summed E-state index contributed by atoms with van der Waals surface area (Å²) in [5.41, 5.74) is 4.68. The highest BCUT2D eigenvalue weighted by Gasteiger charge is 2.25. The minimum Gasteiger partial charge on any atom is -0.324 e. The van der Waals surface area contributed by atoms with Gasteiger partial charge in [-0.3, -0.25) is 5.84 Å². The van der Waals surface area contributed by atoms with E-state index in [0.29, 0.717) is 16.0 Å². The third-order valence-electron chi connectivity index (χ3n) is 3.57. The van der Waals surface area contributed by atoms with Gasteiger partial charge in [-0.05, 0) is 49.9 Å². The molecule has 1 aliphatic carbocycles. The number of hydrazine groups is 1. The van der Waals surface area contributed by atoms with Crippen molar-refractivity contribution >= 4 is 15.7 Å². The van der Waals surface area contributed by atoms with E-state index in [2.05, 4.69) is 10.1 Å². The topological polar surface area (TPSA) is 84.2 Å². The molecule has 2 rings (SSSR count). The number of nitrogens with one attached hydrogen (secondary N) is 2. The summed E-state index contributed by atoms with van der Waals surface area (Å²) in [7, 11) is -3.45. The SMILES string of the molecule is Cc1cc(NN)cc(C)c1S(=O)(=O)NC1CCCC1. The monoisotopic (exact) mass is 283 g/mol. The Balaban J connectivity index is 2.34. The Labute approximate surface area is 114 Å². The number of anilines is 1. The predicted octanol–water partition coefficient (Wildman–Crippen LogP) is 1.81. The van der Waals surface area contributed by atoms with Crippen LogP contribution in [0, 0.1) is 13.8 Å². The fourth-order valence-electron chi connectivity index (χ4n) is 2.78. The summed E-state index contributed by atoms with van der Waals surface area (Å²) in [5, 5.41) is 0. The number of nitrogen functional groups attached to an aromatic ring is 1. The van der Waals surface area contributed by atoms with E-state index in [9.17, 15) is 8.42 Å². The lowest BCUT2D eigenvalue weighted by atomic mass is 10.1. The molecular formula is C13H21N3O2S. The molecular weight excluding hydrogens is 262 g/mol. The molecule has 1 aromatic rings. The second-order valence-electron chi connectivity index (χ2n) is 5.19. The normalized spacial score (nSPS) is 16.8. The van der Waals surface area contributed by atoms with E-state index in [1.165, 1.54) is 0 Å². The average Bonchev–Trinajstić information content (AvgIpc) is 2.79. The molecule has 0 atom stereocenters. The van der Waals surface area contributed by atoms with E-state index >= 15 is 0 Å². The van der Waals surface area contributed by atoms with Gasteiger partial charge in [0.05, 0.1) is 4.90 Å². The largest absolute Gasteiger partial charge is 0.324 e. The molecule has 19 heavy (non-hydrogen) atoms. The molecule has 0 amide bonds. The number of rotatable bonds is 4. The zero-order chi connectivity index (χ0) is 14.0. The summed E-state index contributed by atoms with van der Waals surface area (Å²) >= 11 is 0. The molecule has 0 spiro atoms. The fourth-order valence-corrected chi connectivity index (χ4v) is 4.54. The third-order valence-corrected chi connectivity index (χ3v) is 5.40. The summed E-state index contributed by atoms with van der Waals surface area (Å²) in [4.78, 5) is 0.374. The van der Waals surface area contributed by atoms with Crippen LogP contribution in [-0.2, 0) is 10.0 Å². The van der Waals surface area contributed by atoms with E-state index < -0.39 is 10.0 Å². The van der Waals surface area contributed by atoms with Crippen LogP contribution in [0.5, 0.6) is 0 Å². The van der Waals surface area contributed by atoms with Crippen molar-refractivity contribution in [3.05, 3.63) is 23.3 Å². The van der Waals surface area contributed by atoms with Gasteiger partial charge < -0.3 is 5.43 Å². The fraction of sp³-hybridized carbons (Fsp3) is 0.538. The van der Waals surface area contributed by atoms with Crippen LogP contribution in [0.3, 0.4) is 0 Å². The quantitative estimate of drug-likeness (QED) is 0.581. The highest BCUT2D eigenvalue weighted by atomic mass is 32.2. The van der Waals surface area contributed by atoms with Crippen molar-refractivity contribution in [2.24, 2.45) is 5.84 Å². The van der Waals surface area contributed by atoms with Gasteiger partial charge in [0.25, 0.3) is 0 Å². The number of hydrogen-bond donors (Lipinski definition) is 3. The number of hydrogen-bond acceptors (Lipinski definition) is 4. The standard InChI is InChI=1S/C13H21N3O2S/c1-9-7-12(15-14)8-10(2)13(9)19(17,18)16-11-5-3-4-6-11/h7-8,11,15-16H,3-6,14H2,1-2H3. The first-order valence-corrected chi connectivity index (χ1v) is 8.02. The lowest BCUT2D eigenvalue weighted by molar-refractivity contribution is 0.551. The number of nitrogens with two attached hydrogens (primary N) is 1. The van der Waals surface area contributed by atoms with E-state index in [4.69, 9.17) is 5.84 Å². The van der Waals surface area contributed by atoms with E-state index in [0.717, 1.165) is 31.4 Å². The van der Waals surface area contributed by atoms with Gasteiger partial charge in [-0.1, -0.05) is 12.8 Å². The van der Waals surface area contributed by atoms with Crippen LogP contribution < -0.4 is 16.0 Å². The van der Waals surface area contributed by atoms with Gasteiger partial charge in [-0.2, -0.15) is 0 Å². The predicted molar refractivity (Wildman–Crippen MR) is 76.3 cm³/mol. The minimum atomic E-state index is -3.45. The summed E-state index contributed by atoms with van der Waals surface area (Å²) in [6.07, 6.45) is 4.06. The first-order valence-electron chi connectivity index (χ1n) is 6.54. The molecule has 0 heterocycles. The molecule has 1 fully saturated rings. The van der Waals surface area contributed by atoms with Crippen molar-refractivity contribution in [3.63, 3.8) is 0 Å². The maximum Gasteiger partial charge on any atom is 0.241 e. The Morgan fingerprint density at radius 1 is 1.16 bits per heavy atom. The molecule has 1 aliphatic rings. The molecule has 0 aliphatic heterocycles. The zero-order valence-electron chi connectivity index (χ0n) is 11.4. The Morgan fingerprint density at radius 3 is 2.16 bits per heavy atom. The number of aryl methyl sites for hydroxylation is 2. The molecule has 1 aromatic carbocycles. The molecule has 6 heteroatoms. The number of benzene rings is 1. The maximum atomic E-state index is 12.5. The Morgan fingerprint density at radius 2 is 1.68 bits per heavy atom. The van der Waals surface area contributed by atoms with Gasteiger partial charge in [-0.15, -0.1) is 0 Å². The van der Waals surface area contributed by atoms with Crippen LogP contribution in [-0.4, -0.2) is 14.5 Å². The lowest BCUT2D eigenvalue weighted by Gasteiger charge is -2.17. The second kappa shape index (κ2) is 5.48. The summed E-state index contributed by atoms with van der Waals surface area (Å²) < 4.78 is 27.7. The highest BCUT2D eigenvalue weighted by Crippen LogP contribution is 2.26. The van der Waals surface area contributed by atoms with Crippen LogP contribution in [0.2, 0.25) is 0 Å². The molecule has 0 unspecified atom stereocenters. The Bertz CT molecular complexity index is 540. The van der Waals surface area contributed by atoms with Crippen LogP contribution in [0.25, 0.3) is 0 Å². The Kier molecular flexibility index (Phi) is 4.13. The van der Waals surface area contributed by atoms with Crippen molar-refractivity contribution in [1.29, 1.82) is 0 Å². The minimum absolute atomic E-state index is 0.0797. The first-order chi connectivity index (χ1) is 8.94.